The van der Waals surface area contributed by atoms with Crippen molar-refractivity contribution in [2.45, 2.75) is 76.3 Å². The monoisotopic (exact) mass is 1240 g/mol. The number of ether oxygens (including phenoxy) is 8. The lowest BCUT2D eigenvalue weighted by atomic mass is 10.1. The van der Waals surface area contributed by atoms with Crippen LogP contribution in [0.3, 0.4) is 0 Å². The molecular formula is C66H76N4O20. The van der Waals surface area contributed by atoms with E-state index < -0.39 is 72.2 Å². The number of methoxy groups -OCH3 is 4. The van der Waals surface area contributed by atoms with Gasteiger partial charge in [0, 0.05) is 64.4 Å². The average Bonchev–Trinajstić information content (AvgIpc) is 2.31. The summed E-state index contributed by atoms with van der Waals surface area (Å²) >= 11 is 0. The van der Waals surface area contributed by atoms with E-state index >= 15 is 0 Å². The number of rotatable bonds is 22. The molecule has 24 nitrogen and oxygen atoms in total. The van der Waals surface area contributed by atoms with E-state index in [9.17, 15) is 58.8 Å². The zero-order valence-corrected chi connectivity index (χ0v) is 50.8. The van der Waals surface area contributed by atoms with E-state index in [0.717, 1.165) is 26.2 Å². The Morgan fingerprint density at radius 2 is 0.611 bits per heavy atom. The van der Waals surface area contributed by atoms with Gasteiger partial charge in [0.05, 0.1) is 50.7 Å². The summed E-state index contributed by atoms with van der Waals surface area (Å²) in [5, 5.41) is 44.5. The number of hydrogen-bond acceptors (Lipinski definition) is 20. The van der Waals surface area contributed by atoms with Crippen molar-refractivity contribution in [3.05, 3.63) is 191 Å². The second kappa shape index (κ2) is 37.1. The fraction of sp³-hybridized carbons (Fsp3) is 0.333. The lowest BCUT2D eigenvalue weighted by molar-refractivity contribution is -0.166. The van der Waals surface area contributed by atoms with Crippen molar-refractivity contribution in [3.8, 4) is 23.0 Å². The first-order valence-electron chi connectivity index (χ1n) is 28.5. The molecule has 6 aromatic rings. The molecule has 0 unspecified atom stereocenters. The van der Waals surface area contributed by atoms with Crippen LogP contribution in [0.4, 0.5) is 0 Å². The Morgan fingerprint density at radius 1 is 0.378 bits per heavy atom. The van der Waals surface area contributed by atoms with Gasteiger partial charge < -0.3 is 69.0 Å². The molecule has 6 N–H and O–H groups in total. The maximum atomic E-state index is 12.2. The maximum Gasteiger partial charge on any atom is 0.349 e. The highest BCUT2D eigenvalue weighted by Gasteiger charge is 2.42. The quantitative estimate of drug-likeness (QED) is 0.0295. The van der Waals surface area contributed by atoms with Gasteiger partial charge in [-0.15, -0.1) is 0 Å². The van der Waals surface area contributed by atoms with E-state index in [1.165, 1.54) is 176 Å². The highest BCUT2D eigenvalue weighted by molar-refractivity contribution is 5.97. The minimum absolute atomic E-state index is 0.0485. The van der Waals surface area contributed by atoms with Crippen LogP contribution >= 0.6 is 0 Å². The van der Waals surface area contributed by atoms with Crippen LogP contribution < -0.4 is 29.6 Å². The first-order chi connectivity index (χ1) is 43.2. The molecule has 0 amide bonds. The zero-order chi connectivity index (χ0) is 65.5. The number of esters is 4. The standard InChI is InChI=1S/2C20H18O10.2C13H20N2/c2*1-27-13-7-3-11(4-8-13)19(25)29-15(17(21)22)16(18(23)24)30-20(26)12-5-9-14(28-2)10-6-12;2*1-12-7-9-15(10-8-14-12)11-13-5-3-2-4-6-13/h2*3-10,15-16H,1-2H3,(H,21,22)(H,23,24);2*2-6,12,14H,7-11H2,1H3/t2*15-,16-;2*12-/m0011/s1. The summed E-state index contributed by atoms with van der Waals surface area (Å²) in [6.07, 6.45) is -6.60. The number of hydrogen-bond donors (Lipinski definition) is 6. The molecule has 2 saturated heterocycles. The minimum Gasteiger partial charge on any atom is -0.497 e. The molecule has 0 bridgehead atoms. The Hall–Kier alpha value is -9.88. The minimum atomic E-state index is -2.28. The lowest BCUT2D eigenvalue weighted by Gasteiger charge is -2.21. The second-order valence-corrected chi connectivity index (χ2v) is 20.4. The van der Waals surface area contributed by atoms with Gasteiger partial charge in [0.2, 0.25) is 24.4 Å². The molecule has 0 aromatic heterocycles. The number of nitrogens with zero attached hydrogens (tertiary/aromatic N) is 2. The summed E-state index contributed by atoms with van der Waals surface area (Å²) in [5.41, 5.74) is 2.65. The fourth-order valence-electron chi connectivity index (χ4n) is 8.73. The number of aliphatic carboxylic acids is 4. The highest BCUT2D eigenvalue weighted by Crippen LogP contribution is 2.21. The molecule has 6 aromatic carbocycles. The predicted molar refractivity (Wildman–Crippen MR) is 327 cm³/mol. The van der Waals surface area contributed by atoms with Crippen molar-refractivity contribution in [1.82, 2.24) is 20.4 Å². The Labute approximate surface area is 521 Å². The number of carbonyl (C=O) groups excluding carboxylic acids is 4. The van der Waals surface area contributed by atoms with Gasteiger partial charge in [0.25, 0.3) is 0 Å². The fourth-order valence-corrected chi connectivity index (χ4v) is 8.73. The van der Waals surface area contributed by atoms with Crippen LogP contribution in [0.5, 0.6) is 23.0 Å². The highest BCUT2D eigenvalue weighted by atomic mass is 16.6. The average molecular weight is 1250 g/mol. The van der Waals surface area contributed by atoms with E-state index in [1.807, 2.05) is 0 Å². The van der Waals surface area contributed by atoms with Crippen LogP contribution in [0, 0.1) is 0 Å². The molecule has 2 aliphatic heterocycles. The SMILES string of the molecule is COc1ccc(C(=O)O[C@H](C(=O)O)[C@H](OC(=O)c2ccc(OC)cc2)C(=O)O)cc1.COc1ccc(C(=O)O[C@H](C(=O)O)[C@H](OC(=O)c2ccc(OC)cc2)C(=O)O)cc1.C[C@@H]1CCN(Cc2ccccc2)CCN1.C[C@@H]1CCN(Cc2ccccc2)CCN1. The molecular weight excluding hydrogens is 1170 g/mol. The molecule has 2 aliphatic rings. The number of carbonyl (C=O) groups is 8. The van der Waals surface area contributed by atoms with Crippen molar-refractivity contribution in [2.24, 2.45) is 0 Å². The summed E-state index contributed by atoms with van der Waals surface area (Å²) in [4.78, 5) is 100. The van der Waals surface area contributed by atoms with Crippen LogP contribution in [0.25, 0.3) is 0 Å². The van der Waals surface area contributed by atoms with E-state index in [-0.39, 0.29) is 22.3 Å². The molecule has 90 heavy (non-hydrogen) atoms. The maximum absolute atomic E-state index is 12.2. The number of carboxylic acid groups (broad SMARTS) is 4. The molecule has 6 atom stereocenters. The summed E-state index contributed by atoms with van der Waals surface area (Å²) < 4.78 is 39.0. The summed E-state index contributed by atoms with van der Waals surface area (Å²) in [7, 11) is 5.68. The van der Waals surface area contributed by atoms with Crippen molar-refractivity contribution in [1.29, 1.82) is 0 Å². The summed E-state index contributed by atoms with van der Waals surface area (Å²) in [6, 6.07) is 44.7. The predicted octanol–water partition coefficient (Wildman–Crippen LogP) is 6.99. The Balaban J connectivity index is 0.000000229. The zero-order valence-electron chi connectivity index (χ0n) is 50.8. The number of nitrogens with one attached hydrogen (secondary N) is 2. The Morgan fingerprint density at radius 3 is 0.822 bits per heavy atom. The van der Waals surface area contributed by atoms with E-state index in [2.05, 4.69) is 94.9 Å². The molecule has 0 aliphatic carbocycles. The van der Waals surface area contributed by atoms with Crippen LogP contribution in [0.15, 0.2) is 158 Å². The van der Waals surface area contributed by atoms with E-state index in [4.69, 9.17) is 37.9 Å². The van der Waals surface area contributed by atoms with Gasteiger partial charge in [0.15, 0.2) is 0 Å². The van der Waals surface area contributed by atoms with Gasteiger partial charge in [-0.05, 0) is 135 Å². The normalized spacial score (nSPS) is 16.0. The summed E-state index contributed by atoms with van der Waals surface area (Å²) in [6.45, 7) is 13.7. The third-order valence-corrected chi connectivity index (χ3v) is 13.9. The van der Waals surface area contributed by atoms with Gasteiger partial charge in [-0.3, -0.25) is 9.80 Å². The van der Waals surface area contributed by atoms with Gasteiger partial charge in [0.1, 0.15) is 23.0 Å². The van der Waals surface area contributed by atoms with Crippen LogP contribution in [-0.2, 0) is 51.2 Å². The molecule has 2 fully saturated rings. The summed E-state index contributed by atoms with van der Waals surface area (Å²) in [5.74, 6) is -9.88. The van der Waals surface area contributed by atoms with Crippen LogP contribution in [0.2, 0.25) is 0 Å². The topological polar surface area (TPSA) is 322 Å². The lowest BCUT2D eigenvalue weighted by Crippen LogP contribution is -2.45. The third kappa shape index (κ3) is 23.7. The smallest absolute Gasteiger partial charge is 0.349 e. The Kier molecular flexibility index (Phi) is 29.2. The van der Waals surface area contributed by atoms with E-state index in [1.54, 1.807) is 0 Å². The number of benzene rings is 6. The number of carboxylic acids is 4. The van der Waals surface area contributed by atoms with Crippen LogP contribution in [0.1, 0.15) is 79.2 Å². The van der Waals surface area contributed by atoms with Gasteiger partial charge in [-0.1, -0.05) is 60.7 Å². The van der Waals surface area contributed by atoms with Crippen LogP contribution in [-0.4, -0.2) is 182 Å². The van der Waals surface area contributed by atoms with Crippen molar-refractivity contribution in [3.63, 3.8) is 0 Å². The van der Waals surface area contributed by atoms with Gasteiger partial charge >= 0.3 is 47.8 Å². The van der Waals surface area contributed by atoms with Crippen molar-refractivity contribution < 1.29 is 96.7 Å². The van der Waals surface area contributed by atoms with Crippen molar-refractivity contribution in [2.75, 3.05) is 67.7 Å². The van der Waals surface area contributed by atoms with Gasteiger partial charge in [-0.25, -0.2) is 38.4 Å². The molecule has 24 heteroatoms. The first kappa shape index (κ1) is 70.9. The molecule has 8 rings (SSSR count). The third-order valence-electron chi connectivity index (χ3n) is 13.9. The molecule has 0 saturated carbocycles. The largest absolute Gasteiger partial charge is 0.497 e. The first-order valence-corrected chi connectivity index (χ1v) is 28.5. The Bertz CT molecular complexity index is 2860. The van der Waals surface area contributed by atoms with E-state index in [0.29, 0.717) is 35.1 Å². The molecule has 2 heterocycles. The van der Waals surface area contributed by atoms with Crippen molar-refractivity contribution >= 4 is 47.8 Å². The van der Waals surface area contributed by atoms with Gasteiger partial charge in [-0.2, -0.15) is 0 Å². The second-order valence-electron chi connectivity index (χ2n) is 20.4. The molecule has 0 spiro atoms. The molecule has 480 valence electrons. The molecule has 0 radical (unpaired) electrons.